The van der Waals surface area contributed by atoms with Crippen molar-refractivity contribution in [2.75, 3.05) is 32.1 Å². The van der Waals surface area contributed by atoms with Gasteiger partial charge in [-0.1, -0.05) is 13.3 Å². The van der Waals surface area contributed by atoms with E-state index in [2.05, 4.69) is 19.3 Å². The molecule has 1 amide bonds. The van der Waals surface area contributed by atoms with Crippen LogP contribution in [0, 0.1) is 0 Å². The lowest BCUT2D eigenvalue weighted by atomic mass is 10.0. The van der Waals surface area contributed by atoms with Gasteiger partial charge in [0.1, 0.15) is 17.3 Å². The molecule has 0 radical (unpaired) electrons. The van der Waals surface area contributed by atoms with Crippen LogP contribution in [0.4, 0.5) is 5.00 Å². The normalized spacial score (nSPS) is 15.5. The molecule has 1 unspecified atom stereocenters. The first-order chi connectivity index (χ1) is 14.0. The molecule has 2 N–H and O–H groups in total. The number of ether oxygens (including phenoxy) is 2. The van der Waals surface area contributed by atoms with E-state index < -0.39 is 0 Å². The zero-order chi connectivity index (χ0) is 20.8. The number of unbranched alkanes of at least 4 members (excludes halogenated alkanes) is 1. The summed E-state index contributed by atoms with van der Waals surface area (Å²) in [6.45, 7) is 6.69. The molecule has 0 bridgehead atoms. The number of carbonyl (C=O) groups excluding carboxylic acids is 2. The lowest BCUT2D eigenvalue weighted by molar-refractivity contribution is -0.895. The minimum Gasteiger partial charge on any atom is -0.494 e. The molecule has 0 spiro atoms. The van der Waals surface area contributed by atoms with E-state index in [-0.39, 0.29) is 11.9 Å². The van der Waals surface area contributed by atoms with Crippen molar-refractivity contribution in [2.45, 2.75) is 39.7 Å². The van der Waals surface area contributed by atoms with Crippen LogP contribution in [0.1, 0.15) is 57.8 Å². The Morgan fingerprint density at radius 2 is 1.97 bits per heavy atom. The molecule has 2 heterocycles. The van der Waals surface area contributed by atoms with Crippen molar-refractivity contribution >= 4 is 28.2 Å². The summed E-state index contributed by atoms with van der Waals surface area (Å²) in [6, 6.07) is 7.08. The molecular weight excluding hydrogens is 388 g/mol. The number of anilines is 1. The van der Waals surface area contributed by atoms with Crippen molar-refractivity contribution in [3.8, 4) is 5.75 Å². The average Bonchev–Trinajstić information content (AvgIpc) is 3.05. The summed E-state index contributed by atoms with van der Waals surface area (Å²) in [5, 5.41) is 3.52. The number of nitrogens with one attached hydrogen (secondary N) is 2. The Balaban J connectivity index is 1.78. The number of quaternary nitrogens is 1. The van der Waals surface area contributed by atoms with Gasteiger partial charge < -0.3 is 19.7 Å². The van der Waals surface area contributed by atoms with E-state index in [9.17, 15) is 9.59 Å². The van der Waals surface area contributed by atoms with Crippen LogP contribution in [-0.2, 0) is 17.7 Å². The minimum atomic E-state index is -0.362. The lowest BCUT2D eigenvalue weighted by Gasteiger charge is -2.19. The number of amides is 1. The number of hydrogen-bond acceptors (Lipinski definition) is 5. The highest BCUT2D eigenvalue weighted by Crippen LogP contribution is 2.35. The number of benzene rings is 1. The maximum atomic E-state index is 12.8. The monoisotopic (exact) mass is 417 g/mol. The standard InChI is InChI=1S/C22H28N2O4S/c1-4-6-13-28-16-9-7-15(8-10-16)20(25)23-21-19(22(26)27-5-2)17-11-12-24(3)14-18(17)29-21/h7-10H,4-6,11-14H2,1-3H3,(H,23,25)/p+1. The summed E-state index contributed by atoms with van der Waals surface area (Å²) < 4.78 is 10.9. The van der Waals surface area contributed by atoms with Crippen LogP contribution in [0.25, 0.3) is 0 Å². The molecule has 29 heavy (non-hydrogen) atoms. The van der Waals surface area contributed by atoms with Gasteiger partial charge in [-0.05, 0) is 43.2 Å². The Morgan fingerprint density at radius 1 is 1.21 bits per heavy atom. The smallest absolute Gasteiger partial charge is 0.341 e. The molecule has 1 aromatic carbocycles. The van der Waals surface area contributed by atoms with Gasteiger partial charge in [0.25, 0.3) is 5.91 Å². The Labute approximate surface area is 175 Å². The van der Waals surface area contributed by atoms with Crippen LogP contribution in [-0.4, -0.2) is 38.7 Å². The topological polar surface area (TPSA) is 69.1 Å². The van der Waals surface area contributed by atoms with Gasteiger partial charge in [0.15, 0.2) is 0 Å². The van der Waals surface area contributed by atoms with Crippen molar-refractivity contribution in [3.05, 3.63) is 45.8 Å². The van der Waals surface area contributed by atoms with E-state index >= 15 is 0 Å². The third-order valence-corrected chi connectivity index (χ3v) is 6.09. The molecule has 0 saturated carbocycles. The van der Waals surface area contributed by atoms with Crippen LogP contribution in [0.15, 0.2) is 24.3 Å². The summed E-state index contributed by atoms with van der Waals surface area (Å²) in [5.74, 6) is 0.147. The van der Waals surface area contributed by atoms with Gasteiger partial charge in [0, 0.05) is 12.0 Å². The lowest BCUT2D eigenvalue weighted by Crippen LogP contribution is -3.08. The van der Waals surface area contributed by atoms with E-state index in [0.29, 0.717) is 29.3 Å². The van der Waals surface area contributed by atoms with E-state index in [0.717, 1.165) is 48.5 Å². The van der Waals surface area contributed by atoms with Gasteiger partial charge in [-0.2, -0.15) is 0 Å². The second-order valence-corrected chi connectivity index (χ2v) is 8.35. The first-order valence-electron chi connectivity index (χ1n) is 10.2. The van der Waals surface area contributed by atoms with Gasteiger partial charge in [-0.25, -0.2) is 4.79 Å². The Hall–Kier alpha value is -2.38. The third kappa shape index (κ3) is 5.16. The number of esters is 1. The van der Waals surface area contributed by atoms with E-state index in [1.807, 2.05) is 0 Å². The second kappa shape index (κ2) is 9.89. The number of fused-ring (bicyclic) bond motifs is 1. The number of hydrogen-bond donors (Lipinski definition) is 2. The molecule has 156 valence electrons. The summed E-state index contributed by atoms with van der Waals surface area (Å²) in [7, 11) is 2.13. The molecule has 0 saturated heterocycles. The van der Waals surface area contributed by atoms with Crippen molar-refractivity contribution in [3.63, 3.8) is 0 Å². The number of rotatable bonds is 8. The molecule has 1 atom stereocenters. The molecule has 3 rings (SSSR count). The van der Waals surface area contributed by atoms with Crippen molar-refractivity contribution in [2.24, 2.45) is 0 Å². The molecule has 1 aliphatic rings. The van der Waals surface area contributed by atoms with Crippen molar-refractivity contribution in [1.29, 1.82) is 0 Å². The molecule has 0 fully saturated rings. The fourth-order valence-corrected chi connectivity index (χ4v) is 4.68. The maximum absolute atomic E-state index is 12.8. The zero-order valence-corrected chi connectivity index (χ0v) is 18.1. The molecular formula is C22H29N2O4S+. The van der Waals surface area contributed by atoms with Gasteiger partial charge in [-0.15, -0.1) is 11.3 Å². The highest BCUT2D eigenvalue weighted by molar-refractivity contribution is 7.17. The third-order valence-electron chi connectivity index (χ3n) is 4.94. The Morgan fingerprint density at radius 3 is 2.66 bits per heavy atom. The number of thiophene rings is 1. The molecule has 1 aromatic heterocycles. The first-order valence-corrected chi connectivity index (χ1v) is 11.0. The average molecular weight is 418 g/mol. The molecule has 7 heteroatoms. The van der Waals surface area contributed by atoms with Crippen LogP contribution < -0.4 is 15.0 Å². The number of carbonyl (C=O) groups is 2. The number of likely N-dealkylation sites (N-methyl/N-ethyl adjacent to an activating group) is 1. The highest BCUT2D eigenvalue weighted by atomic mass is 32.1. The molecule has 1 aliphatic heterocycles. The molecule has 0 aliphatic carbocycles. The second-order valence-electron chi connectivity index (χ2n) is 7.24. The molecule has 6 nitrogen and oxygen atoms in total. The summed E-state index contributed by atoms with van der Waals surface area (Å²) in [5.41, 5.74) is 2.07. The van der Waals surface area contributed by atoms with Crippen LogP contribution in [0.2, 0.25) is 0 Å². The first kappa shape index (κ1) is 21.3. The van der Waals surface area contributed by atoms with Crippen molar-refractivity contribution < 1.29 is 24.0 Å². The van der Waals surface area contributed by atoms with Crippen LogP contribution in [0.3, 0.4) is 0 Å². The fourth-order valence-electron chi connectivity index (χ4n) is 3.34. The molecule has 2 aromatic rings. The zero-order valence-electron chi connectivity index (χ0n) is 17.3. The Kier molecular flexibility index (Phi) is 7.28. The van der Waals surface area contributed by atoms with E-state index in [1.165, 1.54) is 16.2 Å². The maximum Gasteiger partial charge on any atom is 0.341 e. The minimum absolute atomic E-state index is 0.241. The van der Waals surface area contributed by atoms with Crippen molar-refractivity contribution in [1.82, 2.24) is 0 Å². The van der Waals surface area contributed by atoms with E-state index in [1.54, 1.807) is 31.2 Å². The van der Waals surface area contributed by atoms with Gasteiger partial charge >= 0.3 is 5.97 Å². The summed E-state index contributed by atoms with van der Waals surface area (Å²) in [4.78, 5) is 27.9. The highest BCUT2D eigenvalue weighted by Gasteiger charge is 2.30. The predicted molar refractivity (Wildman–Crippen MR) is 114 cm³/mol. The summed E-state index contributed by atoms with van der Waals surface area (Å²) >= 11 is 1.48. The van der Waals surface area contributed by atoms with Crippen LogP contribution >= 0.6 is 11.3 Å². The fraction of sp³-hybridized carbons (Fsp3) is 0.455. The predicted octanol–water partition coefficient (Wildman–Crippen LogP) is 2.93. The van der Waals surface area contributed by atoms with E-state index in [4.69, 9.17) is 9.47 Å². The quantitative estimate of drug-likeness (QED) is 0.512. The Bertz CT molecular complexity index is 860. The van der Waals surface area contributed by atoms with Gasteiger partial charge in [0.2, 0.25) is 0 Å². The summed E-state index contributed by atoms with van der Waals surface area (Å²) in [6.07, 6.45) is 2.88. The van der Waals surface area contributed by atoms with Gasteiger partial charge in [0.05, 0.1) is 37.2 Å². The SMILES string of the molecule is CCCCOc1ccc(C(=O)Nc2sc3c(c2C(=O)OCC)CC[NH+](C)C3)cc1. The van der Waals surface area contributed by atoms with Gasteiger partial charge in [-0.3, -0.25) is 4.79 Å². The largest absolute Gasteiger partial charge is 0.494 e. The van der Waals surface area contributed by atoms with Crippen LogP contribution in [0.5, 0.6) is 5.75 Å².